The maximum Gasteiger partial charge on any atom is 0.237 e. The van der Waals surface area contributed by atoms with Crippen molar-refractivity contribution in [1.82, 2.24) is 4.98 Å². The topological polar surface area (TPSA) is 49.8 Å². The number of pyridine rings is 1. The van der Waals surface area contributed by atoms with Crippen LogP contribution in [-0.2, 0) is 0 Å². The summed E-state index contributed by atoms with van der Waals surface area (Å²) < 4.78 is 5.63. The van der Waals surface area contributed by atoms with Gasteiger partial charge in [-0.3, -0.25) is 4.99 Å². The summed E-state index contributed by atoms with van der Waals surface area (Å²) in [6, 6.07) is 0.317. The van der Waals surface area contributed by atoms with E-state index in [2.05, 4.69) is 49.0 Å². The maximum atomic E-state index is 5.63. The first-order valence-electron chi connectivity index (χ1n) is 9.43. The lowest BCUT2D eigenvalue weighted by molar-refractivity contribution is 0.310. The second kappa shape index (κ2) is 8.88. The molecule has 1 N–H and O–H groups in total. The van der Waals surface area contributed by atoms with Crippen LogP contribution in [0.4, 0.5) is 11.4 Å². The Morgan fingerprint density at radius 2 is 2.16 bits per heavy atom. The van der Waals surface area contributed by atoms with Crippen LogP contribution in [0.15, 0.2) is 22.8 Å². The molecule has 1 aromatic rings. The highest BCUT2D eigenvalue weighted by Crippen LogP contribution is 2.35. The third kappa shape index (κ3) is 4.33. The smallest absolute Gasteiger partial charge is 0.237 e. The van der Waals surface area contributed by atoms with Crippen LogP contribution in [0, 0.1) is 6.92 Å². The van der Waals surface area contributed by atoms with Crippen LogP contribution in [0.1, 0.15) is 48.0 Å². The van der Waals surface area contributed by atoms with E-state index in [0.717, 1.165) is 37.6 Å². The van der Waals surface area contributed by atoms with Crippen molar-refractivity contribution in [1.29, 1.82) is 0 Å². The van der Waals surface area contributed by atoms with Gasteiger partial charge >= 0.3 is 0 Å². The first-order valence-corrected chi connectivity index (χ1v) is 9.43. The number of aromatic nitrogens is 1. The van der Waals surface area contributed by atoms with E-state index in [1.807, 2.05) is 20.0 Å². The van der Waals surface area contributed by atoms with Gasteiger partial charge in [-0.05, 0) is 39.7 Å². The molecule has 0 amide bonds. The zero-order chi connectivity index (χ0) is 18.4. The SMILES string of the molecule is C/C=C1/CCN(c2cnc3c(c2C)NCCO3)CC1=NC(C)C.CC.[HH]. The summed E-state index contributed by atoms with van der Waals surface area (Å²) in [5.41, 5.74) is 6.00. The molecule has 0 saturated carbocycles. The highest BCUT2D eigenvalue weighted by atomic mass is 16.5. The Bertz CT molecular complexity index is 655. The number of aliphatic imine (C=N–C) groups is 1. The Kier molecular flexibility index (Phi) is 6.85. The van der Waals surface area contributed by atoms with Crippen molar-refractivity contribution in [2.75, 3.05) is 36.5 Å². The normalized spacial score (nSPS) is 19.9. The quantitative estimate of drug-likeness (QED) is 0.858. The summed E-state index contributed by atoms with van der Waals surface area (Å²) in [5.74, 6) is 0.722. The average molecular weight is 347 g/mol. The molecule has 0 aliphatic carbocycles. The lowest BCUT2D eigenvalue weighted by Gasteiger charge is -2.34. The molecule has 0 radical (unpaired) electrons. The molecule has 0 unspecified atom stereocenters. The van der Waals surface area contributed by atoms with E-state index >= 15 is 0 Å². The van der Waals surface area contributed by atoms with Gasteiger partial charge in [0.1, 0.15) is 12.3 Å². The number of anilines is 2. The maximum absolute atomic E-state index is 5.63. The Hall–Kier alpha value is -2.04. The molecule has 1 saturated heterocycles. The summed E-state index contributed by atoms with van der Waals surface area (Å²) in [6.07, 6.45) is 5.17. The van der Waals surface area contributed by atoms with E-state index in [-0.39, 0.29) is 1.43 Å². The molecule has 140 valence electrons. The number of fused-ring (bicyclic) bond motifs is 1. The lowest BCUT2D eigenvalue weighted by atomic mass is 10.00. The van der Waals surface area contributed by atoms with Gasteiger partial charge in [-0.25, -0.2) is 4.98 Å². The minimum Gasteiger partial charge on any atom is -0.474 e. The zero-order valence-electron chi connectivity index (χ0n) is 16.5. The summed E-state index contributed by atoms with van der Waals surface area (Å²) in [5, 5.41) is 3.42. The average Bonchev–Trinajstić information content (AvgIpc) is 2.63. The zero-order valence-corrected chi connectivity index (χ0v) is 16.5. The molecule has 5 nitrogen and oxygen atoms in total. The third-order valence-corrected chi connectivity index (χ3v) is 4.39. The second-order valence-electron chi connectivity index (χ2n) is 6.38. The van der Waals surface area contributed by atoms with E-state index in [0.29, 0.717) is 12.6 Å². The fourth-order valence-corrected chi connectivity index (χ4v) is 3.24. The van der Waals surface area contributed by atoms with Gasteiger partial charge in [0, 0.05) is 26.1 Å². The van der Waals surface area contributed by atoms with Crippen molar-refractivity contribution in [3.8, 4) is 5.88 Å². The monoisotopic (exact) mass is 346 g/mol. The Morgan fingerprint density at radius 3 is 2.84 bits per heavy atom. The van der Waals surface area contributed by atoms with Gasteiger partial charge in [0.2, 0.25) is 5.88 Å². The van der Waals surface area contributed by atoms with Gasteiger partial charge in [-0.15, -0.1) is 0 Å². The molecule has 0 atom stereocenters. The van der Waals surface area contributed by atoms with E-state index in [1.165, 1.54) is 22.5 Å². The van der Waals surface area contributed by atoms with Crippen molar-refractivity contribution in [2.24, 2.45) is 4.99 Å². The van der Waals surface area contributed by atoms with E-state index < -0.39 is 0 Å². The lowest BCUT2D eigenvalue weighted by Crippen LogP contribution is -2.38. The van der Waals surface area contributed by atoms with E-state index in [1.54, 1.807) is 0 Å². The van der Waals surface area contributed by atoms with Crippen molar-refractivity contribution in [2.45, 2.75) is 54.0 Å². The molecule has 0 aromatic carbocycles. The molecule has 25 heavy (non-hydrogen) atoms. The fraction of sp³-hybridized carbons (Fsp3) is 0.600. The molecule has 1 aromatic heterocycles. The van der Waals surface area contributed by atoms with Crippen molar-refractivity contribution in [3.63, 3.8) is 0 Å². The highest BCUT2D eigenvalue weighted by Gasteiger charge is 2.24. The van der Waals surface area contributed by atoms with Gasteiger partial charge in [0.05, 0.1) is 24.1 Å². The number of piperidine rings is 1. The number of nitrogens with zero attached hydrogens (tertiary/aromatic N) is 3. The minimum atomic E-state index is 0. The summed E-state index contributed by atoms with van der Waals surface area (Å²) in [6.45, 7) is 15.9. The summed E-state index contributed by atoms with van der Waals surface area (Å²) in [7, 11) is 0. The fourth-order valence-electron chi connectivity index (χ4n) is 3.24. The van der Waals surface area contributed by atoms with Gasteiger partial charge in [0.25, 0.3) is 0 Å². The standard InChI is InChI=1S/C18H26N4O.C2H6.H2/c1-5-14-6-8-22(11-15(14)21-12(2)3)16-10-20-18-17(13(16)4)19-7-9-23-18;1-2;/h5,10,12,19H,6-9,11H2,1-4H3;1-2H3;1H/b14-5-,21-15?;;. The van der Waals surface area contributed by atoms with Crippen molar-refractivity contribution < 1.29 is 6.16 Å². The highest BCUT2D eigenvalue weighted by molar-refractivity contribution is 6.04. The molecule has 3 heterocycles. The number of allylic oxidation sites excluding steroid dienone is 1. The predicted octanol–water partition coefficient (Wildman–Crippen LogP) is 4.47. The molecule has 1 fully saturated rings. The van der Waals surface area contributed by atoms with Gasteiger partial charge < -0.3 is 15.0 Å². The van der Waals surface area contributed by atoms with E-state index in [9.17, 15) is 0 Å². The molecule has 0 spiro atoms. The van der Waals surface area contributed by atoms with Crippen LogP contribution < -0.4 is 15.0 Å². The molecule has 2 aliphatic heterocycles. The second-order valence-corrected chi connectivity index (χ2v) is 6.38. The number of ether oxygens (including phenoxy) is 1. The molecular formula is C20H34N4O. The molecule has 0 bridgehead atoms. The number of rotatable bonds is 2. The number of hydrogen-bond donors (Lipinski definition) is 1. The molecular weight excluding hydrogens is 312 g/mol. The summed E-state index contributed by atoms with van der Waals surface area (Å²) in [4.78, 5) is 11.7. The summed E-state index contributed by atoms with van der Waals surface area (Å²) >= 11 is 0. The Morgan fingerprint density at radius 1 is 1.40 bits per heavy atom. The van der Waals surface area contributed by atoms with Crippen LogP contribution in [0.2, 0.25) is 0 Å². The van der Waals surface area contributed by atoms with Gasteiger partial charge in [-0.2, -0.15) is 0 Å². The van der Waals surface area contributed by atoms with Gasteiger partial charge in [0.15, 0.2) is 0 Å². The van der Waals surface area contributed by atoms with E-state index in [4.69, 9.17) is 9.73 Å². The number of hydrogen-bond acceptors (Lipinski definition) is 5. The van der Waals surface area contributed by atoms with Crippen LogP contribution in [-0.4, -0.2) is 43.0 Å². The first kappa shape index (κ1) is 19.3. The van der Waals surface area contributed by atoms with Crippen molar-refractivity contribution >= 4 is 17.1 Å². The van der Waals surface area contributed by atoms with Crippen LogP contribution in [0.25, 0.3) is 0 Å². The van der Waals surface area contributed by atoms with Gasteiger partial charge in [-0.1, -0.05) is 19.9 Å². The Balaban J connectivity index is 0.00000109. The molecule has 5 heteroatoms. The third-order valence-electron chi connectivity index (χ3n) is 4.39. The molecule has 2 aliphatic rings. The van der Waals surface area contributed by atoms with Crippen LogP contribution >= 0.6 is 0 Å². The number of nitrogens with one attached hydrogen (secondary N) is 1. The van der Waals surface area contributed by atoms with Crippen LogP contribution in [0.3, 0.4) is 0 Å². The Labute approximate surface area is 153 Å². The van der Waals surface area contributed by atoms with Crippen molar-refractivity contribution in [3.05, 3.63) is 23.4 Å². The molecule has 3 rings (SSSR count). The minimum absolute atomic E-state index is 0. The van der Waals surface area contributed by atoms with Crippen LogP contribution in [0.5, 0.6) is 5.88 Å². The predicted molar refractivity (Wildman–Crippen MR) is 110 cm³/mol. The first-order chi connectivity index (χ1) is 12.1. The largest absolute Gasteiger partial charge is 0.474 e.